The summed E-state index contributed by atoms with van der Waals surface area (Å²) in [6.07, 6.45) is 1.80. The average molecular weight is 236 g/mol. The van der Waals surface area contributed by atoms with Crippen molar-refractivity contribution in [2.75, 3.05) is 0 Å². The van der Waals surface area contributed by atoms with Crippen molar-refractivity contribution >= 4 is 17.7 Å². The Labute approximate surface area is 100 Å². The Kier molecular flexibility index (Phi) is 2.98. The van der Waals surface area contributed by atoms with Gasteiger partial charge in [0.2, 0.25) is 0 Å². The van der Waals surface area contributed by atoms with Gasteiger partial charge >= 0.3 is 5.97 Å². The third-order valence-electron chi connectivity index (χ3n) is 3.40. The highest BCUT2D eigenvalue weighted by Crippen LogP contribution is 2.51. The van der Waals surface area contributed by atoms with Gasteiger partial charge in [0.1, 0.15) is 4.75 Å². The fraction of sp³-hybridized carbons (Fsp3) is 0.462. The van der Waals surface area contributed by atoms with E-state index < -0.39 is 10.7 Å². The van der Waals surface area contributed by atoms with E-state index in [1.165, 1.54) is 17.3 Å². The molecule has 0 amide bonds. The van der Waals surface area contributed by atoms with Gasteiger partial charge in [-0.05, 0) is 37.8 Å². The van der Waals surface area contributed by atoms with Crippen molar-refractivity contribution < 1.29 is 9.90 Å². The van der Waals surface area contributed by atoms with E-state index in [4.69, 9.17) is 0 Å². The molecule has 1 N–H and O–H groups in total. The molecule has 1 fully saturated rings. The van der Waals surface area contributed by atoms with Crippen molar-refractivity contribution in [3.8, 4) is 0 Å². The van der Waals surface area contributed by atoms with Gasteiger partial charge in [-0.3, -0.25) is 4.79 Å². The Bertz CT molecular complexity index is 416. The van der Waals surface area contributed by atoms with Crippen LogP contribution in [0.2, 0.25) is 0 Å². The fourth-order valence-corrected chi connectivity index (χ4v) is 3.54. The molecule has 0 aromatic heterocycles. The molecule has 0 spiro atoms. The molecule has 0 radical (unpaired) electrons. The van der Waals surface area contributed by atoms with Crippen LogP contribution in [-0.2, 0) is 4.79 Å². The first-order chi connectivity index (χ1) is 7.54. The maximum absolute atomic E-state index is 11.4. The van der Waals surface area contributed by atoms with E-state index in [9.17, 15) is 9.90 Å². The zero-order valence-corrected chi connectivity index (χ0v) is 10.4. The molecule has 0 heterocycles. The summed E-state index contributed by atoms with van der Waals surface area (Å²) in [5.74, 6) is -0.409. The lowest BCUT2D eigenvalue weighted by atomic mass is 9.74. The van der Waals surface area contributed by atoms with Gasteiger partial charge < -0.3 is 5.11 Å². The standard InChI is InChI=1S/C13H16O2S/c1-9-4-3-5-11(8-9)16-13(12(14)15)7-6-10(13)2/h3-5,8,10H,6-7H2,1-2H3,(H,14,15). The summed E-state index contributed by atoms with van der Waals surface area (Å²) >= 11 is 1.51. The summed E-state index contributed by atoms with van der Waals surface area (Å²) < 4.78 is -0.589. The van der Waals surface area contributed by atoms with E-state index >= 15 is 0 Å². The van der Waals surface area contributed by atoms with Crippen molar-refractivity contribution in [2.24, 2.45) is 5.92 Å². The van der Waals surface area contributed by atoms with Crippen LogP contribution < -0.4 is 0 Å². The highest BCUT2D eigenvalue weighted by atomic mass is 32.2. The van der Waals surface area contributed by atoms with E-state index in [0.717, 1.165) is 17.7 Å². The lowest BCUT2D eigenvalue weighted by Crippen LogP contribution is -2.49. The third kappa shape index (κ3) is 1.84. The van der Waals surface area contributed by atoms with E-state index in [0.29, 0.717) is 0 Å². The van der Waals surface area contributed by atoms with Gasteiger partial charge in [-0.1, -0.05) is 24.6 Å². The van der Waals surface area contributed by atoms with E-state index in [2.05, 4.69) is 6.07 Å². The number of rotatable bonds is 3. The van der Waals surface area contributed by atoms with Gasteiger partial charge in [0.15, 0.2) is 0 Å². The Morgan fingerprint density at radius 3 is 2.75 bits per heavy atom. The monoisotopic (exact) mass is 236 g/mol. The molecule has 1 saturated carbocycles. The Hall–Kier alpha value is -0.960. The minimum Gasteiger partial charge on any atom is -0.480 e. The van der Waals surface area contributed by atoms with Gasteiger partial charge in [0.05, 0.1) is 0 Å². The lowest BCUT2D eigenvalue weighted by molar-refractivity contribution is -0.144. The van der Waals surface area contributed by atoms with Crippen LogP contribution in [0, 0.1) is 12.8 Å². The third-order valence-corrected chi connectivity index (χ3v) is 5.03. The summed E-state index contributed by atoms with van der Waals surface area (Å²) in [6.45, 7) is 4.06. The molecule has 1 aliphatic rings. The first kappa shape index (κ1) is 11.5. The molecule has 86 valence electrons. The zero-order chi connectivity index (χ0) is 11.8. The van der Waals surface area contributed by atoms with Crippen molar-refractivity contribution in [3.05, 3.63) is 29.8 Å². The van der Waals surface area contributed by atoms with Gasteiger partial charge in [0, 0.05) is 4.90 Å². The lowest BCUT2D eigenvalue weighted by Gasteiger charge is -2.43. The zero-order valence-electron chi connectivity index (χ0n) is 9.56. The summed E-state index contributed by atoms with van der Waals surface area (Å²) in [4.78, 5) is 12.4. The number of carbonyl (C=O) groups is 1. The number of hydrogen-bond acceptors (Lipinski definition) is 2. The quantitative estimate of drug-likeness (QED) is 0.874. The van der Waals surface area contributed by atoms with Crippen molar-refractivity contribution in [1.29, 1.82) is 0 Å². The number of carboxylic acids is 1. The van der Waals surface area contributed by atoms with Crippen LogP contribution in [0.25, 0.3) is 0 Å². The minimum atomic E-state index is -0.669. The van der Waals surface area contributed by atoms with Crippen LogP contribution in [0.3, 0.4) is 0 Å². The van der Waals surface area contributed by atoms with E-state index in [1.807, 2.05) is 32.0 Å². The summed E-state index contributed by atoms with van der Waals surface area (Å²) in [5, 5.41) is 9.36. The maximum atomic E-state index is 11.4. The Morgan fingerprint density at radius 1 is 1.56 bits per heavy atom. The Balaban J connectivity index is 2.22. The molecular formula is C13H16O2S. The molecule has 3 heteroatoms. The van der Waals surface area contributed by atoms with Gasteiger partial charge in [-0.2, -0.15) is 0 Å². The van der Waals surface area contributed by atoms with Crippen LogP contribution >= 0.6 is 11.8 Å². The van der Waals surface area contributed by atoms with E-state index in [1.54, 1.807) is 0 Å². The van der Waals surface area contributed by atoms with Crippen LogP contribution in [0.5, 0.6) is 0 Å². The van der Waals surface area contributed by atoms with Crippen LogP contribution in [-0.4, -0.2) is 15.8 Å². The molecule has 0 saturated heterocycles. The number of thioether (sulfide) groups is 1. The number of aryl methyl sites for hydroxylation is 1. The SMILES string of the molecule is Cc1cccc(SC2(C(=O)O)CCC2C)c1. The van der Waals surface area contributed by atoms with Crippen molar-refractivity contribution in [2.45, 2.75) is 36.3 Å². The summed E-state index contributed by atoms with van der Waals surface area (Å²) in [7, 11) is 0. The largest absolute Gasteiger partial charge is 0.480 e. The highest BCUT2D eigenvalue weighted by molar-refractivity contribution is 8.01. The molecule has 0 bridgehead atoms. The second-order valence-corrected chi connectivity index (χ2v) is 5.96. The molecule has 0 aliphatic heterocycles. The van der Waals surface area contributed by atoms with Crippen LogP contribution in [0.4, 0.5) is 0 Å². The minimum absolute atomic E-state index is 0.260. The molecule has 1 aliphatic carbocycles. The molecule has 16 heavy (non-hydrogen) atoms. The normalized spacial score (nSPS) is 28.5. The summed E-state index contributed by atoms with van der Waals surface area (Å²) in [5.41, 5.74) is 1.18. The molecule has 1 aromatic carbocycles. The fourth-order valence-electron chi connectivity index (χ4n) is 2.10. The predicted molar refractivity (Wildman–Crippen MR) is 65.8 cm³/mol. The smallest absolute Gasteiger partial charge is 0.320 e. The predicted octanol–water partition coefficient (Wildman–Crippen LogP) is 3.34. The van der Waals surface area contributed by atoms with Crippen molar-refractivity contribution in [1.82, 2.24) is 0 Å². The van der Waals surface area contributed by atoms with Gasteiger partial charge in [-0.15, -0.1) is 11.8 Å². The van der Waals surface area contributed by atoms with E-state index in [-0.39, 0.29) is 5.92 Å². The second-order valence-electron chi connectivity index (χ2n) is 4.55. The number of carboxylic acid groups (broad SMARTS) is 1. The number of aliphatic carboxylic acids is 1. The maximum Gasteiger partial charge on any atom is 0.320 e. The highest BCUT2D eigenvalue weighted by Gasteiger charge is 2.51. The summed E-state index contributed by atoms with van der Waals surface area (Å²) in [6, 6.07) is 8.06. The Morgan fingerprint density at radius 2 is 2.31 bits per heavy atom. The number of hydrogen-bond donors (Lipinski definition) is 1. The van der Waals surface area contributed by atoms with Crippen molar-refractivity contribution in [3.63, 3.8) is 0 Å². The second kappa shape index (κ2) is 4.13. The molecule has 2 atom stereocenters. The topological polar surface area (TPSA) is 37.3 Å². The first-order valence-corrected chi connectivity index (χ1v) is 6.35. The van der Waals surface area contributed by atoms with Crippen LogP contribution in [0.15, 0.2) is 29.2 Å². The molecule has 2 rings (SSSR count). The molecule has 1 aromatic rings. The number of benzene rings is 1. The first-order valence-electron chi connectivity index (χ1n) is 5.54. The molecular weight excluding hydrogens is 220 g/mol. The van der Waals surface area contributed by atoms with Gasteiger partial charge in [0.25, 0.3) is 0 Å². The van der Waals surface area contributed by atoms with Gasteiger partial charge in [-0.25, -0.2) is 0 Å². The average Bonchev–Trinajstić information content (AvgIpc) is 2.23. The molecule has 2 unspecified atom stereocenters. The van der Waals surface area contributed by atoms with Crippen LogP contribution in [0.1, 0.15) is 25.3 Å². The molecule has 2 nitrogen and oxygen atoms in total.